The van der Waals surface area contributed by atoms with Gasteiger partial charge in [-0.05, 0) is 23.9 Å². The van der Waals surface area contributed by atoms with Crippen LogP contribution in [0.25, 0.3) is 0 Å². The first-order valence-electron chi connectivity index (χ1n) is 2.94. The van der Waals surface area contributed by atoms with Crippen molar-refractivity contribution in [3.63, 3.8) is 0 Å². The smallest absolute Gasteiger partial charge is 0.283 e. The zero-order valence-electron chi connectivity index (χ0n) is 5.11. The molecule has 0 aromatic heterocycles. The minimum atomic E-state index is -0.961. The Morgan fingerprint density at radius 1 is 1.40 bits per heavy atom. The van der Waals surface area contributed by atoms with Crippen molar-refractivity contribution in [2.24, 2.45) is 0 Å². The van der Waals surface area contributed by atoms with Gasteiger partial charge in [-0.25, -0.2) is 0 Å². The van der Waals surface area contributed by atoms with Gasteiger partial charge < -0.3 is 4.74 Å². The first-order valence-corrected chi connectivity index (χ1v) is 3.82. The van der Waals surface area contributed by atoms with Crippen LogP contribution in [0.5, 0.6) is 5.75 Å². The highest BCUT2D eigenvalue weighted by molar-refractivity contribution is 8.00. The van der Waals surface area contributed by atoms with E-state index in [1.54, 1.807) is 6.07 Å². The van der Waals surface area contributed by atoms with E-state index in [1.165, 1.54) is 11.8 Å². The highest BCUT2D eigenvalue weighted by Gasteiger charge is 2.21. The molecule has 0 saturated heterocycles. The Balaban J connectivity index is 2.42. The van der Waals surface area contributed by atoms with E-state index >= 15 is 0 Å². The molecular formula is C7H5O2S. The molecule has 0 fully saturated rings. The summed E-state index contributed by atoms with van der Waals surface area (Å²) in [6.45, 7) is 0. The number of fused-ring (bicyclic) bond motifs is 1. The molecule has 1 aliphatic rings. The largest absolute Gasteiger partial charge is 0.451 e. The van der Waals surface area contributed by atoms with Gasteiger partial charge in [0, 0.05) is 0 Å². The summed E-state index contributed by atoms with van der Waals surface area (Å²) in [4.78, 5) is 0.947. The van der Waals surface area contributed by atoms with E-state index in [0.29, 0.717) is 5.75 Å². The van der Waals surface area contributed by atoms with Gasteiger partial charge in [0.25, 0.3) is 5.62 Å². The van der Waals surface area contributed by atoms with Gasteiger partial charge in [-0.3, -0.25) is 0 Å². The minimum absolute atomic E-state index is 0.715. The number of thioether (sulfide) groups is 1. The Kier molecular flexibility index (Phi) is 1.32. The summed E-state index contributed by atoms with van der Waals surface area (Å²) < 4.78 is 4.91. The standard InChI is InChI=1S/C7H5O2S/c8-7-9-5-3-1-2-4-6(5)10-7/h1-4,7H. The van der Waals surface area contributed by atoms with Crippen LogP contribution in [-0.2, 0) is 5.11 Å². The summed E-state index contributed by atoms with van der Waals surface area (Å²) in [5.74, 6) is 0.715. The van der Waals surface area contributed by atoms with Gasteiger partial charge in [-0.2, -0.15) is 5.11 Å². The molecule has 3 heteroatoms. The predicted molar refractivity (Wildman–Crippen MR) is 37.4 cm³/mol. The lowest BCUT2D eigenvalue weighted by atomic mass is 10.3. The van der Waals surface area contributed by atoms with E-state index < -0.39 is 5.62 Å². The first kappa shape index (κ1) is 6.07. The highest BCUT2D eigenvalue weighted by atomic mass is 32.2. The third kappa shape index (κ3) is 0.874. The monoisotopic (exact) mass is 153 g/mol. The predicted octanol–water partition coefficient (Wildman–Crippen LogP) is 1.89. The molecule has 1 radical (unpaired) electrons. The van der Waals surface area contributed by atoms with Gasteiger partial charge in [0.2, 0.25) is 0 Å². The first-order chi connectivity index (χ1) is 4.86. The van der Waals surface area contributed by atoms with Crippen molar-refractivity contribution in [1.29, 1.82) is 0 Å². The van der Waals surface area contributed by atoms with Crippen LogP contribution in [0.2, 0.25) is 0 Å². The number of benzene rings is 1. The summed E-state index contributed by atoms with van der Waals surface area (Å²) in [5.41, 5.74) is -0.961. The molecule has 0 saturated carbocycles. The van der Waals surface area contributed by atoms with E-state index in [9.17, 15) is 5.11 Å². The Morgan fingerprint density at radius 2 is 2.20 bits per heavy atom. The molecule has 0 spiro atoms. The van der Waals surface area contributed by atoms with Crippen LogP contribution in [-0.4, -0.2) is 5.62 Å². The number of hydrogen-bond acceptors (Lipinski definition) is 2. The Labute approximate surface area is 62.8 Å². The molecule has 1 aliphatic heterocycles. The summed E-state index contributed by atoms with van der Waals surface area (Å²) >= 11 is 1.21. The summed E-state index contributed by atoms with van der Waals surface area (Å²) in [6, 6.07) is 7.45. The maximum Gasteiger partial charge on any atom is 0.283 e. The van der Waals surface area contributed by atoms with Gasteiger partial charge in [-0.1, -0.05) is 12.1 Å². The van der Waals surface area contributed by atoms with Gasteiger partial charge in [0.05, 0.1) is 4.90 Å². The quantitative estimate of drug-likeness (QED) is 0.569. The fourth-order valence-electron chi connectivity index (χ4n) is 0.876. The van der Waals surface area contributed by atoms with E-state index in [2.05, 4.69) is 0 Å². The van der Waals surface area contributed by atoms with Crippen molar-refractivity contribution in [2.45, 2.75) is 10.5 Å². The average Bonchev–Trinajstić information content (AvgIpc) is 2.27. The normalized spacial score (nSPS) is 21.9. The topological polar surface area (TPSA) is 29.1 Å². The molecule has 1 aromatic rings. The lowest BCUT2D eigenvalue weighted by molar-refractivity contribution is 0.00836. The van der Waals surface area contributed by atoms with E-state index in [0.717, 1.165) is 4.90 Å². The second-order valence-electron chi connectivity index (χ2n) is 1.97. The molecular weight excluding hydrogens is 148 g/mol. The second kappa shape index (κ2) is 2.18. The number of hydrogen-bond donors (Lipinski definition) is 0. The van der Waals surface area contributed by atoms with Gasteiger partial charge >= 0.3 is 0 Å². The van der Waals surface area contributed by atoms with Gasteiger partial charge in [-0.15, -0.1) is 0 Å². The lowest BCUT2D eigenvalue weighted by Gasteiger charge is -1.95. The molecule has 1 aromatic carbocycles. The van der Waals surface area contributed by atoms with E-state index in [-0.39, 0.29) is 0 Å². The van der Waals surface area contributed by atoms with E-state index in [4.69, 9.17) is 4.74 Å². The average molecular weight is 153 g/mol. The summed E-state index contributed by atoms with van der Waals surface area (Å²) in [7, 11) is 0. The SMILES string of the molecule is [O]C1Oc2ccccc2S1. The summed E-state index contributed by atoms with van der Waals surface area (Å²) in [6.07, 6.45) is 0. The van der Waals surface area contributed by atoms with Gasteiger partial charge in [0.1, 0.15) is 5.75 Å². The third-order valence-electron chi connectivity index (χ3n) is 1.30. The minimum Gasteiger partial charge on any atom is -0.451 e. The fraction of sp³-hybridized carbons (Fsp3) is 0.143. The van der Waals surface area contributed by atoms with Crippen molar-refractivity contribution < 1.29 is 9.84 Å². The molecule has 1 atom stereocenters. The highest BCUT2D eigenvalue weighted by Crippen LogP contribution is 2.39. The Hall–Kier alpha value is -0.670. The summed E-state index contributed by atoms with van der Waals surface area (Å²) in [5, 5.41) is 10.7. The number of ether oxygens (including phenoxy) is 1. The van der Waals surface area contributed by atoms with Crippen LogP contribution in [0.3, 0.4) is 0 Å². The molecule has 0 N–H and O–H groups in total. The number of para-hydroxylation sites is 1. The Morgan fingerprint density at radius 3 is 3.00 bits per heavy atom. The zero-order valence-corrected chi connectivity index (χ0v) is 5.93. The molecule has 0 aliphatic carbocycles. The molecule has 2 nitrogen and oxygen atoms in total. The van der Waals surface area contributed by atoms with E-state index in [1.807, 2.05) is 18.2 Å². The van der Waals surface area contributed by atoms with Crippen molar-refractivity contribution in [2.75, 3.05) is 0 Å². The Bertz CT molecular complexity index is 224. The van der Waals surface area contributed by atoms with Crippen LogP contribution < -0.4 is 4.74 Å². The molecule has 1 unspecified atom stereocenters. The fourth-order valence-corrected chi connectivity index (χ4v) is 1.62. The van der Waals surface area contributed by atoms with Gasteiger partial charge in [0.15, 0.2) is 0 Å². The van der Waals surface area contributed by atoms with Crippen molar-refractivity contribution in [1.82, 2.24) is 0 Å². The van der Waals surface area contributed by atoms with Crippen LogP contribution in [0.15, 0.2) is 29.2 Å². The third-order valence-corrected chi connectivity index (χ3v) is 2.18. The molecule has 0 amide bonds. The molecule has 2 rings (SSSR count). The van der Waals surface area contributed by atoms with Crippen LogP contribution in [0, 0.1) is 0 Å². The molecule has 10 heavy (non-hydrogen) atoms. The molecule has 51 valence electrons. The molecule has 0 bridgehead atoms. The van der Waals surface area contributed by atoms with Crippen molar-refractivity contribution in [3.05, 3.63) is 24.3 Å². The molecule has 1 heterocycles. The lowest BCUT2D eigenvalue weighted by Crippen LogP contribution is -2.00. The van der Waals surface area contributed by atoms with Crippen molar-refractivity contribution in [3.8, 4) is 5.75 Å². The van der Waals surface area contributed by atoms with Crippen LogP contribution >= 0.6 is 11.8 Å². The van der Waals surface area contributed by atoms with Crippen LogP contribution in [0.4, 0.5) is 0 Å². The number of rotatable bonds is 0. The maximum atomic E-state index is 10.7. The maximum absolute atomic E-state index is 10.7. The van der Waals surface area contributed by atoms with Crippen LogP contribution in [0.1, 0.15) is 0 Å². The zero-order chi connectivity index (χ0) is 6.97. The van der Waals surface area contributed by atoms with Crippen molar-refractivity contribution >= 4 is 11.8 Å². The second-order valence-corrected chi connectivity index (χ2v) is 3.03.